The Morgan fingerprint density at radius 2 is 2.29 bits per heavy atom. The number of carbonyl (C=O) groups is 2. The van der Waals surface area contributed by atoms with Crippen LogP contribution in [-0.4, -0.2) is 41.7 Å². The van der Waals surface area contributed by atoms with Gasteiger partial charge in [-0.3, -0.25) is 4.79 Å². The fraction of sp³-hybridized carbons (Fsp3) is 0.500. The first-order valence-electron chi connectivity index (χ1n) is 5.37. The molecule has 3 N–H and O–H groups in total. The molecular weight excluding hydrogens is 224 g/mol. The highest BCUT2D eigenvalue weighted by Crippen LogP contribution is 1.90. The van der Waals surface area contributed by atoms with Crippen molar-refractivity contribution in [2.75, 3.05) is 19.7 Å². The molecule has 0 aliphatic rings. The summed E-state index contributed by atoms with van der Waals surface area (Å²) in [4.78, 5) is 28.9. The molecule has 0 spiro atoms. The molecule has 7 heteroatoms. The summed E-state index contributed by atoms with van der Waals surface area (Å²) in [6.45, 7) is 2.37. The van der Waals surface area contributed by atoms with E-state index in [0.29, 0.717) is 19.6 Å². The van der Waals surface area contributed by atoms with Crippen LogP contribution >= 0.6 is 0 Å². The van der Waals surface area contributed by atoms with Gasteiger partial charge in [0.1, 0.15) is 6.54 Å². The zero-order valence-corrected chi connectivity index (χ0v) is 9.66. The Labute approximate surface area is 99.0 Å². The van der Waals surface area contributed by atoms with Crippen molar-refractivity contribution in [1.82, 2.24) is 20.6 Å². The third-order valence-corrected chi connectivity index (χ3v) is 1.93. The molecular formula is C10H16N4O3. The van der Waals surface area contributed by atoms with Crippen LogP contribution in [0.15, 0.2) is 12.5 Å². The molecule has 0 atom stereocenters. The standard InChI is InChI=1S/C10H16N4O3/c1-2-17-9(15)6-13-10(16)12-4-3-8-5-11-7-14-8/h5,7H,2-4,6H2,1H3,(H,11,14)(H2,12,13,16). The summed E-state index contributed by atoms with van der Waals surface area (Å²) < 4.78 is 4.66. The number of carbonyl (C=O) groups excluding carboxylic acids is 2. The fourth-order valence-corrected chi connectivity index (χ4v) is 1.16. The quantitative estimate of drug-likeness (QED) is 0.601. The van der Waals surface area contributed by atoms with Crippen LogP contribution in [0.25, 0.3) is 0 Å². The van der Waals surface area contributed by atoms with Crippen LogP contribution in [0.3, 0.4) is 0 Å². The summed E-state index contributed by atoms with van der Waals surface area (Å²) in [5, 5.41) is 5.01. The molecule has 1 rings (SSSR count). The van der Waals surface area contributed by atoms with Gasteiger partial charge >= 0.3 is 12.0 Å². The van der Waals surface area contributed by atoms with Gasteiger partial charge in [0.25, 0.3) is 0 Å². The Bertz CT molecular complexity index is 350. The van der Waals surface area contributed by atoms with E-state index in [1.54, 1.807) is 19.4 Å². The molecule has 94 valence electrons. The van der Waals surface area contributed by atoms with Gasteiger partial charge in [0, 0.05) is 24.9 Å². The Kier molecular flexibility index (Phi) is 5.56. The normalized spacial score (nSPS) is 9.71. The largest absolute Gasteiger partial charge is 0.465 e. The molecule has 1 aromatic heterocycles. The number of rotatable bonds is 6. The second-order valence-corrected chi connectivity index (χ2v) is 3.24. The average molecular weight is 240 g/mol. The van der Waals surface area contributed by atoms with E-state index in [1.165, 1.54) is 0 Å². The highest BCUT2D eigenvalue weighted by Gasteiger charge is 2.04. The number of nitrogens with one attached hydrogen (secondary N) is 3. The van der Waals surface area contributed by atoms with Crippen LogP contribution in [-0.2, 0) is 16.0 Å². The average Bonchev–Trinajstić information content (AvgIpc) is 2.80. The number of hydrogen-bond acceptors (Lipinski definition) is 4. The minimum Gasteiger partial charge on any atom is -0.465 e. The maximum atomic E-state index is 11.2. The molecule has 0 saturated heterocycles. The van der Waals surface area contributed by atoms with Gasteiger partial charge in [-0.05, 0) is 6.92 Å². The number of H-pyrrole nitrogens is 1. The maximum Gasteiger partial charge on any atom is 0.325 e. The Balaban J connectivity index is 2.07. The van der Waals surface area contributed by atoms with Crippen LogP contribution in [0.1, 0.15) is 12.6 Å². The number of urea groups is 1. The molecule has 0 aliphatic carbocycles. The summed E-state index contributed by atoms with van der Waals surface area (Å²) in [5.74, 6) is -0.448. The van der Waals surface area contributed by atoms with Crippen LogP contribution in [0.5, 0.6) is 0 Å². The lowest BCUT2D eigenvalue weighted by molar-refractivity contribution is -0.141. The van der Waals surface area contributed by atoms with Gasteiger partial charge in [-0.15, -0.1) is 0 Å². The van der Waals surface area contributed by atoms with Crippen LogP contribution in [0.4, 0.5) is 4.79 Å². The predicted octanol–water partition coefficient (Wildman–Crippen LogP) is -0.185. The predicted molar refractivity (Wildman–Crippen MR) is 60.3 cm³/mol. The maximum absolute atomic E-state index is 11.2. The first kappa shape index (κ1) is 13.0. The summed E-state index contributed by atoms with van der Waals surface area (Å²) in [7, 11) is 0. The van der Waals surface area contributed by atoms with Gasteiger partial charge in [0.05, 0.1) is 12.9 Å². The van der Waals surface area contributed by atoms with Gasteiger partial charge in [-0.2, -0.15) is 0 Å². The molecule has 0 aliphatic heterocycles. The van der Waals surface area contributed by atoms with Gasteiger partial charge in [-0.1, -0.05) is 0 Å². The Hall–Kier alpha value is -2.05. The van der Waals surface area contributed by atoms with Crippen molar-refractivity contribution in [3.63, 3.8) is 0 Å². The van der Waals surface area contributed by atoms with Gasteiger partial charge in [0.2, 0.25) is 0 Å². The summed E-state index contributed by atoms with van der Waals surface area (Å²) >= 11 is 0. The van der Waals surface area contributed by atoms with E-state index in [2.05, 4.69) is 25.3 Å². The molecule has 0 fully saturated rings. The van der Waals surface area contributed by atoms with Crippen molar-refractivity contribution in [2.24, 2.45) is 0 Å². The molecule has 1 heterocycles. The van der Waals surface area contributed by atoms with E-state index in [9.17, 15) is 9.59 Å². The van der Waals surface area contributed by atoms with Gasteiger partial charge in [0.15, 0.2) is 0 Å². The Morgan fingerprint density at radius 3 is 2.94 bits per heavy atom. The van der Waals surface area contributed by atoms with E-state index in [0.717, 1.165) is 5.69 Å². The fourth-order valence-electron chi connectivity index (χ4n) is 1.16. The number of hydrogen-bond donors (Lipinski definition) is 3. The molecule has 7 nitrogen and oxygen atoms in total. The van der Waals surface area contributed by atoms with Crippen molar-refractivity contribution in [1.29, 1.82) is 0 Å². The molecule has 0 aromatic carbocycles. The van der Waals surface area contributed by atoms with Gasteiger partial charge in [-0.25, -0.2) is 9.78 Å². The molecule has 1 aromatic rings. The highest BCUT2D eigenvalue weighted by molar-refractivity contribution is 5.80. The van der Waals surface area contributed by atoms with E-state index in [4.69, 9.17) is 0 Å². The summed E-state index contributed by atoms with van der Waals surface area (Å²) in [6, 6.07) is -0.391. The van der Waals surface area contributed by atoms with Gasteiger partial charge < -0.3 is 20.4 Å². The first-order chi connectivity index (χ1) is 8.22. The van der Waals surface area contributed by atoms with Crippen molar-refractivity contribution >= 4 is 12.0 Å². The van der Waals surface area contributed by atoms with Crippen molar-refractivity contribution in [2.45, 2.75) is 13.3 Å². The first-order valence-corrected chi connectivity index (χ1v) is 5.37. The lowest BCUT2D eigenvalue weighted by atomic mass is 10.3. The number of esters is 1. The topological polar surface area (TPSA) is 96.1 Å². The van der Waals surface area contributed by atoms with Crippen molar-refractivity contribution in [3.8, 4) is 0 Å². The summed E-state index contributed by atoms with van der Waals surface area (Å²) in [6.07, 6.45) is 3.93. The zero-order chi connectivity index (χ0) is 12.5. The number of amides is 2. The van der Waals surface area contributed by atoms with Crippen LogP contribution in [0, 0.1) is 0 Å². The van der Waals surface area contributed by atoms with Crippen LogP contribution < -0.4 is 10.6 Å². The van der Waals surface area contributed by atoms with E-state index in [-0.39, 0.29) is 6.54 Å². The number of imidazole rings is 1. The molecule has 0 bridgehead atoms. The Morgan fingerprint density at radius 1 is 1.47 bits per heavy atom. The number of ether oxygens (including phenoxy) is 1. The molecule has 0 unspecified atom stereocenters. The van der Waals surface area contributed by atoms with E-state index < -0.39 is 12.0 Å². The highest BCUT2D eigenvalue weighted by atomic mass is 16.5. The third-order valence-electron chi connectivity index (χ3n) is 1.93. The smallest absolute Gasteiger partial charge is 0.325 e. The van der Waals surface area contributed by atoms with E-state index >= 15 is 0 Å². The zero-order valence-electron chi connectivity index (χ0n) is 9.66. The third kappa shape index (κ3) is 5.55. The second kappa shape index (κ2) is 7.26. The SMILES string of the molecule is CCOC(=O)CNC(=O)NCCc1cnc[nH]1. The molecule has 2 amide bonds. The second-order valence-electron chi connectivity index (χ2n) is 3.24. The molecule has 17 heavy (non-hydrogen) atoms. The minimum absolute atomic E-state index is 0.121. The molecule has 0 radical (unpaired) electrons. The molecule has 0 saturated carbocycles. The number of aromatic nitrogens is 2. The van der Waals surface area contributed by atoms with Crippen molar-refractivity contribution < 1.29 is 14.3 Å². The number of nitrogens with zero attached hydrogens (tertiary/aromatic N) is 1. The lowest BCUT2D eigenvalue weighted by Gasteiger charge is -2.06. The monoisotopic (exact) mass is 240 g/mol. The van der Waals surface area contributed by atoms with E-state index in [1.807, 2.05) is 0 Å². The number of aromatic amines is 1. The summed E-state index contributed by atoms with van der Waals surface area (Å²) in [5.41, 5.74) is 0.940. The lowest BCUT2D eigenvalue weighted by Crippen LogP contribution is -2.39. The van der Waals surface area contributed by atoms with Crippen molar-refractivity contribution in [3.05, 3.63) is 18.2 Å². The van der Waals surface area contributed by atoms with Crippen LogP contribution in [0.2, 0.25) is 0 Å². The minimum atomic E-state index is -0.448.